The third kappa shape index (κ3) is 3.19. The molecule has 0 bridgehead atoms. The fraction of sp³-hybridized carbons (Fsp3) is 0.214. The Morgan fingerprint density at radius 3 is 2.76 bits per heavy atom. The molecule has 1 heterocycles. The van der Waals surface area contributed by atoms with Crippen LogP contribution in [0.3, 0.4) is 0 Å². The van der Waals surface area contributed by atoms with Crippen LogP contribution in [-0.2, 0) is 14.3 Å². The van der Waals surface area contributed by atoms with Crippen LogP contribution >= 0.6 is 0 Å². The number of amides is 1. The van der Waals surface area contributed by atoms with Gasteiger partial charge in [0.25, 0.3) is 5.91 Å². The van der Waals surface area contributed by atoms with Crippen molar-refractivity contribution in [2.24, 2.45) is 0 Å². The summed E-state index contributed by atoms with van der Waals surface area (Å²) < 4.78 is 4.42. The average Bonchev–Trinajstić information content (AvgIpc) is 2.94. The van der Waals surface area contributed by atoms with Gasteiger partial charge < -0.3 is 20.1 Å². The summed E-state index contributed by atoms with van der Waals surface area (Å²) in [5, 5.41) is 12.2. The normalized spacial score (nSPS) is 11.9. The van der Waals surface area contributed by atoms with E-state index in [1.54, 1.807) is 24.4 Å². The largest absolute Gasteiger partial charge is 0.480 e. The predicted molar refractivity (Wildman–Crippen MR) is 73.8 cm³/mol. The Bertz CT molecular complexity index is 691. The fourth-order valence-electron chi connectivity index (χ4n) is 1.96. The molecule has 1 amide bonds. The third-order valence-electron chi connectivity index (χ3n) is 3.03. The van der Waals surface area contributed by atoms with Crippen LogP contribution in [0, 0.1) is 0 Å². The smallest absolute Gasteiger partial charge is 0.326 e. The van der Waals surface area contributed by atoms with Gasteiger partial charge in [0.2, 0.25) is 0 Å². The highest BCUT2D eigenvalue weighted by molar-refractivity contribution is 6.06. The maximum atomic E-state index is 12.2. The number of nitrogens with one attached hydrogen (secondary N) is 2. The molecule has 21 heavy (non-hydrogen) atoms. The highest BCUT2D eigenvalue weighted by atomic mass is 16.5. The quantitative estimate of drug-likeness (QED) is 0.709. The van der Waals surface area contributed by atoms with E-state index in [1.807, 2.05) is 6.07 Å². The SMILES string of the molecule is COC(=O)C[C@H](NC(=O)c1cccc2cc[nH]c12)C(=O)O. The minimum atomic E-state index is -1.34. The van der Waals surface area contributed by atoms with E-state index in [0.717, 1.165) is 12.5 Å². The topological polar surface area (TPSA) is 108 Å². The number of esters is 1. The Hall–Kier alpha value is -2.83. The number of methoxy groups -OCH3 is 1. The molecule has 7 heteroatoms. The zero-order valence-corrected chi connectivity index (χ0v) is 11.3. The highest BCUT2D eigenvalue weighted by Crippen LogP contribution is 2.17. The lowest BCUT2D eigenvalue weighted by molar-refractivity contribution is -0.147. The van der Waals surface area contributed by atoms with Crippen LogP contribution in [-0.4, -0.2) is 41.1 Å². The molecule has 7 nitrogen and oxygen atoms in total. The lowest BCUT2D eigenvalue weighted by atomic mass is 10.1. The first-order chi connectivity index (χ1) is 10.0. The van der Waals surface area contributed by atoms with Crippen molar-refractivity contribution in [1.82, 2.24) is 10.3 Å². The first-order valence-electron chi connectivity index (χ1n) is 6.19. The van der Waals surface area contributed by atoms with E-state index in [9.17, 15) is 14.4 Å². The van der Waals surface area contributed by atoms with Crippen LogP contribution < -0.4 is 5.32 Å². The lowest BCUT2D eigenvalue weighted by Crippen LogP contribution is -2.42. The van der Waals surface area contributed by atoms with Crippen LogP contribution in [0.15, 0.2) is 30.5 Å². The van der Waals surface area contributed by atoms with E-state index in [2.05, 4.69) is 15.0 Å². The molecule has 1 aromatic carbocycles. The van der Waals surface area contributed by atoms with E-state index in [1.165, 1.54) is 0 Å². The summed E-state index contributed by atoms with van der Waals surface area (Å²) in [6.45, 7) is 0. The fourth-order valence-corrected chi connectivity index (χ4v) is 1.96. The molecule has 110 valence electrons. The monoisotopic (exact) mass is 290 g/mol. The number of carboxylic acids is 1. The summed E-state index contributed by atoms with van der Waals surface area (Å²) >= 11 is 0. The Balaban J connectivity index is 2.21. The van der Waals surface area contributed by atoms with Gasteiger partial charge in [-0.05, 0) is 12.1 Å². The third-order valence-corrected chi connectivity index (χ3v) is 3.03. The minimum absolute atomic E-state index is 0.314. The van der Waals surface area contributed by atoms with Gasteiger partial charge in [-0.1, -0.05) is 12.1 Å². The number of H-pyrrole nitrogens is 1. The molecule has 0 saturated heterocycles. The molecular weight excluding hydrogens is 276 g/mol. The number of carboxylic acid groups (broad SMARTS) is 1. The van der Waals surface area contributed by atoms with Crippen molar-refractivity contribution in [3.05, 3.63) is 36.0 Å². The molecule has 0 aliphatic carbocycles. The van der Waals surface area contributed by atoms with E-state index in [-0.39, 0.29) is 0 Å². The zero-order chi connectivity index (χ0) is 15.4. The van der Waals surface area contributed by atoms with Gasteiger partial charge in [0.05, 0.1) is 24.6 Å². The number of aromatic nitrogens is 1. The van der Waals surface area contributed by atoms with Gasteiger partial charge in [0.15, 0.2) is 0 Å². The van der Waals surface area contributed by atoms with Crippen molar-refractivity contribution in [1.29, 1.82) is 0 Å². The van der Waals surface area contributed by atoms with Crippen LogP contribution in [0.2, 0.25) is 0 Å². The average molecular weight is 290 g/mol. The second-order valence-corrected chi connectivity index (χ2v) is 4.39. The molecule has 0 saturated carbocycles. The molecule has 0 aliphatic heterocycles. The number of hydrogen-bond donors (Lipinski definition) is 3. The predicted octanol–water partition coefficient (Wildman–Crippen LogP) is 0.914. The molecular formula is C14H14N2O5. The number of para-hydroxylation sites is 1. The number of carbonyl (C=O) groups excluding carboxylic acids is 2. The lowest BCUT2D eigenvalue weighted by Gasteiger charge is -2.13. The summed E-state index contributed by atoms with van der Waals surface area (Å²) in [6.07, 6.45) is 1.25. The number of aromatic amines is 1. The molecule has 2 aromatic rings. The maximum absolute atomic E-state index is 12.2. The molecule has 2 rings (SSSR count). The second kappa shape index (κ2) is 6.08. The van der Waals surface area contributed by atoms with Crippen molar-refractivity contribution in [2.75, 3.05) is 7.11 Å². The van der Waals surface area contributed by atoms with Crippen LogP contribution in [0.25, 0.3) is 10.9 Å². The number of ether oxygens (including phenoxy) is 1. The van der Waals surface area contributed by atoms with Crippen molar-refractivity contribution >= 4 is 28.7 Å². The van der Waals surface area contributed by atoms with E-state index in [4.69, 9.17) is 5.11 Å². The number of aliphatic carboxylic acids is 1. The summed E-state index contributed by atoms with van der Waals surface area (Å²) in [6, 6.07) is 5.56. The first kappa shape index (κ1) is 14.6. The maximum Gasteiger partial charge on any atom is 0.326 e. The number of rotatable bonds is 5. The summed E-state index contributed by atoms with van der Waals surface area (Å²) in [5.41, 5.74) is 0.922. The summed E-state index contributed by atoms with van der Waals surface area (Å²) in [4.78, 5) is 37.4. The number of benzene rings is 1. The molecule has 0 spiro atoms. The van der Waals surface area contributed by atoms with Crippen LogP contribution in [0.4, 0.5) is 0 Å². The molecule has 0 radical (unpaired) electrons. The molecule has 0 aliphatic rings. The molecule has 1 atom stereocenters. The van der Waals surface area contributed by atoms with Gasteiger partial charge in [0, 0.05) is 11.6 Å². The van der Waals surface area contributed by atoms with Crippen LogP contribution in [0.1, 0.15) is 16.8 Å². The Labute approximate surface area is 119 Å². The molecule has 3 N–H and O–H groups in total. The Morgan fingerprint density at radius 2 is 2.10 bits per heavy atom. The van der Waals surface area contributed by atoms with Gasteiger partial charge in [-0.3, -0.25) is 9.59 Å². The standard InChI is InChI=1S/C14H14N2O5/c1-21-11(17)7-10(14(19)20)16-13(18)9-4-2-3-8-5-6-15-12(8)9/h2-6,10,15H,7H2,1H3,(H,16,18)(H,19,20)/t10-/m0/s1. The Kier molecular flexibility index (Phi) is 4.22. The minimum Gasteiger partial charge on any atom is -0.480 e. The first-order valence-corrected chi connectivity index (χ1v) is 6.19. The van der Waals surface area contributed by atoms with Gasteiger partial charge in [-0.2, -0.15) is 0 Å². The van der Waals surface area contributed by atoms with Crippen LogP contribution in [0.5, 0.6) is 0 Å². The van der Waals surface area contributed by atoms with Gasteiger partial charge in [0.1, 0.15) is 6.04 Å². The van der Waals surface area contributed by atoms with Crippen molar-refractivity contribution in [2.45, 2.75) is 12.5 Å². The Morgan fingerprint density at radius 1 is 1.33 bits per heavy atom. The van der Waals surface area contributed by atoms with E-state index >= 15 is 0 Å². The van der Waals surface area contributed by atoms with Crippen molar-refractivity contribution in [3.63, 3.8) is 0 Å². The van der Waals surface area contributed by atoms with Gasteiger partial charge in [-0.15, -0.1) is 0 Å². The summed E-state index contributed by atoms with van der Waals surface area (Å²) in [5.74, 6) is -2.58. The molecule has 1 aromatic heterocycles. The van der Waals surface area contributed by atoms with E-state index in [0.29, 0.717) is 11.1 Å². The van der Waals surface area contributed by atoms with Crippen molar-refractivity contribution < 1.29 is 24.2 Å². The van der Waals surface area contributed by atoms with E-state index < -0.39 is 30.3 Å². The molecule has 0 unspecified atom stereocenters. The number of fused-ring (bicyclic) bond motifs is 1. The number of carbonyl (C=O) groups is 3. The second-order valence-electron chi connectivity index (χ2n) is 4.39. The molecule has 0 fully saturated rings. The van der Waals surface area contributed by atoms with Crippen molar-refractivity contribution in [3.8, 4) is 0 Å². The zero-order valence-electron chi connectivity index (χ0n) is 11.3. The number of hydrogen-bond acceptors (Lipinski definition) is 4. The highest BCUT2D eigenvalue weighted by Gasteiger charge is 2.25. The summed E-state index contributed by atoms with van der Waals surface area (Å²) in [7, 11) is 1.16. The van der Waals surface area contributed by atoms with Gasteiger partial charge in [-0.25, -0.2) is 4.79 Å². The van der Waals surface area contributed by atoms with Gasteiger partial charge >= 0.3 is 11.9 Å².